The summed E-state index contributed by atoms with van der Waals surface area (Å²) in [5.41, 5.74) is 4.45. The first-order valence-electron chi connectivity index (χ1n) is 7.33. The number of hydrogen-bond acceptors (Lipinski definition) is 2. The maximum Gasteiger partial charge on any atom is 0.160 e. The number of benzene rings is 1. The molecule has 0 amide bonds. The molecule has 0 atom stereocenters. The summed E-state index contributed by atoms with van der Waals surface area (Å²) in [5, 5.41) is 0. The van der Waals surface area contributed by atoms with Gasteiger partial charge in [0.25, 0.3) is 0 Å². The minimum absolute atomic E-state index is 0.0386. The zero-order valence-electron chi connectivity index (χ0n) is 13.1. The second-order valence-electron chi connectivity index (χ2n) is 6.54. The summed E-state index contributed by atoms with van der Waals surface area (Å²) in [6.07, 6.45) is 2.66. The van der Waals surface area contributed by atoms with Crippen LogP contribution < -0.4 is 0 Å². The van der Waals surface area contributed by atoms with Crippen LogP contribution in [0.1, 0.15) is 37.7 Å². The van der Waals surface area contributed by atoms with E-state index in [2.05, 4.69) is 61.5 Å². The Balaban J connectivity index is 2.11. The Labute approximate surface area is 125 Å². The van der Waals surface area contributed by atoms with Gasteiger partial charge >= 0.3 is 0 Å². The molecule has 0 radical (unpaired) electrons. The fourth-order valence-corrected chi connectivity index (χ4v) is 2.67. The SMILES string of the molecule is Cc1ccc(Cc2nc3cccnc3n2C(C)(C)C)cc1. The van der Waals surface area contributed by atoms with Crippen LogP contribution in [0.15, 0.2) is 42.6 Å². The molecule has 0 unspecified atom stereocenters. The van der Waals surface area contributed by atoms with Crippen molar-refractivity contribution < 1.29 is 0 Å². The monoisotopic (exact) mass is 279 g/mol. The summed E-state index contributed by atoms with van der Waals surface area (Å²) in [6.45, 7) is 8.70. The Morgan fingerprint density at radius 3 is 2.43 bits per heavy atom. The topological polar surface area (TPSA) is 30.7 Å². The minimum Gasteiger partial charge on any atom is -0.307 e. The molecule has 2 aromatic heterocycles. The van der Waals surface area contributed by atoms with E-state index in [1.165, 1.54) is 11.1 Å². The van der Waals surface area contributed by atoms with Gasteiger partial charge in [-0.2, -0.15) is 0 Å². The molecule has 0 saturated heterocycles. The molecule has 0 aliphatic heterocycles. The lowest BCUT2D eigenvalue weighted by Crippen LogP contribution is -2.24. The third-order valence-corrected chi connectivity index (χ3v) is 3.64. The maximum absolute atomic E-state index is 4.80. The van der Waals surface area contributed by atoms with E-state index in [0.29, 0.717) is 0 Å². The summed E-state index contributed by atoms with van der Waals surface area (Å²) in [4.78, 5) is 9.32. The molecule has 0 aliphatic carbocycles. The van der Waals surface area contributed by atoms with Crippen LogP contribution in [0, 0.1) is 6.92 Å². The lowest BCUT2D eigenvalue weighted by atomic mass is 10.1. The van der Waals surface area contributed by atoms with Crippen molar-refractivity contribution in [3.05, 3.63) is 59.5 Å². The third kappa shape index (κ3) is 2.68. The van der Waals surface area contributed by atoms with Gasteiger partial charge in [0.1, 0.15) is 11.3 Å². The van der Waals surface area contributed by atoms with Crippen molar-refractivity contribution in [2.45, 2.75) is 39.7 Å². The highest BCUT2D eigenvalue weighted by Crippen LogP contribution is 2.25. The van der Waals surface area contributed by atoms with E-state index in [0.717, 1.165) is 23.4 Å². The van der Waals surface area contributed by atoms with Gasteiger partial charge in [0.2, 0.25) is 0 Å². The van der Waals surface area contributed by atoms with Gasteiger partial charge in [-0.25, -0.2) is 9.97 Å². The van der Waals surface area contributed by atoms with Gasteiger partial charge in [-0.3, -0.25) is 0 Å². The molecule has 2 heterocycles. The molecule has 21 heavy (non-hydrogen) atoms. The zero-order valence-corrected chi connectivity index (χ0v) is 13.1. The van der Waals surface area contributed by atoms with Crippen LogP contribution in [0.25, 0.3) is 11.2 Å². The fourth-order valence-electron chi connectivity index (χ4n) is 2.67. The number of aromatic nitrogens is 3. The normalized spacial score (nSPS) is 12.0. The summed E-state index contributed by atoms with van der Waals surface area (Å²) >= 11 is 0. The van der Waals surface area contributed by atoms with Gasteiger partial charge in [0.15, 0.2) is 5.65 Å². The highest BCUT2D eigenvalue weighted by Gasteiger charge is 2.22. The summed E-state index contributed by atoms with van der Waals surface area (Å²) < 4.78 is 2.25. The summed E-state index contributed by atoms with van der Waals surface area (Å²) in [7, 11) is 0. The lowest BCUT2D eigenvalue weighted by molar-refractivity contribution is 0.394. The molecule has 1 aromatic carbocycles. The Kier molecular flexibility index (Phi) is 3.28. The average Bonchev–Trinajstić information content (AvgIpc) is 2.79. The van der Waals surface area contributed by atoms with Crippen LogP contribution in [0.5, 0.6) is 0 Å². The van der Waals surface area contributed by atoms with Gasteiger partial charge in [-0.1, -0.05) is 29.8 Å². The van der Waals surface area contributed by atoms with Crippen molar-refractivity contribution in [2.24, 2.45) is 0 Å². The zero-order chi connectivity index (χ0) is 15.0. The molecule has 0 aliphatic rings. The molecule has 0 saturated carbocycles. The van der Waals surface area contributed by atoms with E-state index in [1.54, 1.807) is 0 Å². The first-order chi connectivity index (χ1) is 9.95. The number of fused-ring (bicyclic) bond motifs is 1. The number of pyridine rings is 1. The van der Waals surface area contributed by atoms with E-state index in [9.17, 15) is 0 Å². The molecular weight excluding hydrogens is 258 g/mol. The van der Waals surface area contributed by atoms with Crippen molar-refractivity contribution in [1.29, 1.82) is 0 Å². The van der Waals surface area contributed by atoms with Gasteiger partial charge in [0, 0.05) is 18.2 Å². The molecule has 3 nitrogen and oxygen atoms in total. The van der Waals surface area contributed by atoms with Crippen LogP contribution in [0.4, 0.5) is 0 Å². The van der Waals surface area contributed by atoms with E-state index >= 15 is 0 Å². The van der Waals surface area contributed by atoms with Crippen LogP contribution in [-0.2, 0) is 12.0 Å². The molecular formula is C18H21N3. The highest BCUT2D eigenvalue weighted by atomic mass is 15.2. The van der Waals surface area contributed by atoms with Crippen molar-refractivity contribution in [3.63, 3.8) is 0 Å². The Morgan fingerprint density at radius 2 is 1.76 bits per heavy atom. The van der Waals surface area contributed by atoms with Crippen molar-refractivity contribution in [3.8, 4) is 0 Å². The number of rotatable bonds is 2. The van der Waals surface area contributed by atoms with Gasteiger partial charge in [0.05, 0.1) is 0 Å². The van der Waals surface area contributed by atoms with Crippen LogP contribution >= 0.6 is 0 Å². The summed E-state index contributed by atoms with van der Waals surface area (Å²) in [6, 6.07) is 12.6. The maximum atomic E-state index is 4.80. The van der Waals surface area contributed by atoms with Crippen LogP contribution in [0.3, 0.4) is 0 Å². The first kappa shape index (κ1) is 13.8. The second kappa shape index (κ2) is 4.99. The molecule has 108 valence electrons. The van der Waals surface area contributed by atoms with Crippen molar-refractivity contribution in [1.82, 2.24) is 14.5 Å². The first-order valence-corrected chi connectivity index (χ1v) is 7.33. The average molecular weight is 279 g/mol. The van der Waals surface area contributed by atoms with Gasteiger partial charge in [-0.05, 0) is 45.4 Å². The molecule has 0 spiro atoms. The Hall–Kier alpha value is -2.16. The predicted octanol–water partition coefficient (Wildman–Crippen LogP) is 4.09. The third-order valence-electron chi connectivity index (χ3n) is 3.64. The number of imidazole rings is 1. The molecule has 0 N–H and O–H groups in total. The van der Waals surface area contributed by atoms with Gasteiger partial charge in [-0.15, -0.1) is 0 Å². The lowest BCUT2D eigenvalue weighted by Gasteiger charge is -2.24. The molecule has 0 fully saturated rings. The standard InChI is InChI=1S/C18H21N3/c1-13-7-9-14(10-8-13)12-16-20-15-6-5-11-19-17(15)21(16)18(2,3)4/h5-11H,12H2,1-4H3. The number of nitrogens with zero attached hydrogens (tertiary/aromatic N) is 3. The Bertz CT molecular complexity index is 761. The summed E-state index contributed by atoms with van der Waals surface area (Å²) in [5.74, 6) is 1.07. The van der Waals surface area contributed by atoms with Crippen LogP contribution in [0.2, 0.25) is 0 Å². The predicted molar refractivity (Wildman–Crippen MR) is 86.5 cm³/mol. The second-order valence-corrected chi connectivity index (χ2v) is 6.54. The van der Waals surface area contributed by atoms with E-state index in [1.807, 2.05) is 18.3 Å². The van der Waals surface area contributed by atoms with Crippen LogP contribution in [-0.4, -0.2) is 14.5 Å². The quantitative estimate of drug-likeness (QED) is 0.707. The fraction of sp³-hybridized carbons (Fsp3) is 0.333. The number of aryl methyl sites for hydroxylation is 1. The largest absolute Gasteiger partial charge is 0.307 e. The minimum atomic E-state index is -0.0386. The van der Waals surface area contributed by atoms with E-state index in [-0.39, 0.29) is 5.54 Å². The van der Waals surface area contributed by atoms with E-state index in [4.69, 9.17) is 4.98 Å². The van der Waals surface area contributed by atoms with Crippen molar-refractivity contribution >= 4 is 11.2 Å². The highest BCUT2D eigenvalue weighted by molar-refractivity contribution is 5.71. The molecule has 3 rings (SSSR count). The molecule has 0 bridgehead atoms. The molecule has 3 heteroatoms. The molecule has 3 aromatic rings. The smallest absolute Gasteiger partial charge is 0.160 e. The van der Waals surface area contributed by atoms with Crippen molar-refractivity contribution in [2.75, 3.05) is 0 Å². The van der Waals surface area contributed by atoms with E-state index < -0.39 is 0 Å². The number of hydrogen-bond donors (Lipinski definition) is 0. The Morgan fingerprint density at radius 1 is 1.05 bits per heavy atom. The van der Waals surface area contributed by atoms with Gasteiger partial charge < -0.3 is 4.57 Å².